The molecule has 0 aliphatic rings. The molecule has 0 saturated carbocycles. The third-order valence-electron chi connectivity index (χ3n) is 2.58. The smallest absolute Gasteiger partial charge is 0.243 e. The van der Waals surface area contributed by atoms with Crippen molar-refractivity contribution >= 4 is 37.6 Å². The molecule has 4 nitrogen and oxygen atoms in total. The van der Waals surface area contributed by atoms with Gasteiger partial charge in [0.25, 0.3) is 0 Å². The van der Waals surface area contributed by atoms with E-state index in [0.29, 0.717) is 9.50 Å². The zero-order valence-electron chi connectivity index (χ0n) is 10.0. The van der Waals surface area contributed by atoms with E-state index in [0.717, 1.165) is 5.56 Å². The third-order valence-corrected chi connectivity index (χ3v) is 5.60. The molecule has 0 aliphatic carbocycles. The monoisotopic (exact) mass is 363 g/mol. The normalized spacial score (nSPS) is 12.0. The first-order valence-corrected chi connectivity index (χ1v) is 7.95. The minimum Gasteiger partial charge on any atom is -0.472 e. The van der Waals surface area contributed by atoms with Crippen LogP contribution in [0, 0.1) is 0 Å². The number of benzene rings is 1. The van der Waals surface area contributed by atoms with E-state index < -0.39 is 10.0 Å². The average Bonchev–Trinajstić information content (AvgIpc) is 2.85. The van der Waals surface area contributed by atoms with Crippen molar-refractivity contribution in [2.75, 3.05) is 7.05 Å². The van der Waals surface area contributed by atoms with Gasteiger partial charge in [-0.05, 0) is 40.2 Å². The van der Waals surface area contributed by atoms with Gasteiger partial charge in [0.15, 0.2) is 0 Å². The second-order valence-corrected chi connectivity index (χ2v) is 7.28. The van der Waals surface area contributed by atoms with Crippen LogP contribution in [-0.4, -0.2) is 19.8 Å². The van der Waals surface area contributed by atoms with Gasteiger partial charge in [0.1, 0.15) is 0 Å². The fraction of sp³-hybridized carbons (Fsp3) is 0.167. The van der Waals surface area contributed by atoms with Crippen LogP contribution in [0.3, 0.4) is 0 Å². The summed E-state index contributed by atoms with van der Waals surface area (Å²) in [5, 5.41) is 0.469. The van der Waals surface area contributed by atoms with E-state index in [4.69, 9.17) is 16.0 Å². The molecule has 7 heteroatoms. The van der Waals surface area contributed by atoms with Gasteiger partial charge in [0.2, 0.25) is 10.0 Å². The van der Waals surface area contributed by atoms with Crippen LogP contribution < -0.4 is 0 Å². The van der Waals surface area contributed by atoms with Crippen LogP contribution in [0.25, 0.3) is 0 Å². The Bertz CT molecular complexity index is 670. The van der Waals surface area contributed by atoms with E-state index >= 15 is 0 Å². The molecule has 1 aromatic carbocycles. The molecular formula is C12H11BrClNO3S. The molecule has 102 valence electrons. The zero-order chi connectivity index (χ0) is 14.0. The van der Waals surface area contributed by atoms with Crippen LogP contribution in [0.15, 0.2) is 50.6 Å². The zero-order valence-corrected chi connectivity index (χ0v) is 13.2. The summed E-state index contributed by atoms with van der Waals surface area (Å²) >= 11 is 9.08. The van der Waals surface area contributed by atoms with Crippen molar-refractivity contribution in [2.24, 2.45) is 0 Å². The summed E-state index contributed by atoms with van der Waals surface area (Å²) in [7, 11) is -2.03. The lowest BCUT2D eigenvalue weighted by atomic mass is 10.3. The number of nitrogens with zero attached hydrogens (tertiary/aromatic N) is 1. The Kier molecular flexibility index (Phi) is 4.35. The highest BCUT2D eigenvalue weighted by Gasteiger charge is 2.21. The fourth-order valence-corrected chi connectivity index (χ4v) is 3.38. The minimum atomic E-state index is -3.55. The number of sulfonamides is 1. The number of furan rings is 1. The molecule has 0 amide bonds. The summed E-state index contributed by atoms with van der Waals surface area (Å²) < 4.78 is 31.4. The first-order valence-electron chi connectivity index (χ1n) is 5.34. The molecule has 0 fully saturated rings. The van der Waals surface area contributed by atoms with Crippen molar-refractivity contribution in [3.05, 3.63) is 51.9 Å². The Morgan fingerprint density at radius 1 is 1.37 bits per heavy atom. The first kappa shape index (κ1) is 14.6. The molecule has 19 heavy (non-hydrogen) atoms. The van der Waals surface area contributed by atoms with Crippen LogP contribution in [-0.2, 0) is 16.6 Å². The molecule has 0 aliphatic heterocycles. The first-order chi connectivity index (χ1) is 8.91. The maximum Gasteiger partial charge on any atom is 0.243 e. The molecule has 0 atom stereocenters. The number of rotatable bonds is 4. The summed E-state index contributed by atoms with van der Waals surface area (Å²) in [4.78, 5) is 0.190. The topological polar surface area (TPSA) is 50.5 Å². The number of hydrogen-bond acceptors (Lipinski definition) is 3. The van der Waals surface area contributed by atoms with Gasteiger partial charge < -0.3 is 4.42 Å². The lowest BCUT2D eigenvalue weighted by Gasteiger charge is -2.16. The molecule has 0 saturated heterocycles. The number of halogens is 2. The van der Waals surface area contributed by atoms with Crippen molar-refractivity contribution in [3.63, 3.8) is 0 Å². The summed E-state index contributed by atoms with van der Waals surface area (Å²) in [6.45, 7) is 0.249. The predicted molar refractivity (Wildman–Crippen MR) is 76.5 cm³/mol. The fourth-order valence-electron chi connectivity index (χ4n) is 1.54. The number of hydrogen-bond donors (Lipinski definition) is 0. The second-order valence-electron chi connectivity index (χ2n) is 3.97. The highest BCUT2D eigenvalue weighted by Crippen LogP contribution is 2.27. The summed E-state index contributed by atoms with van der Waals surface area (Å²) in [5.74, 6) is 0. The van der Waals surface area contributed by atoms with Gasteiger partial charge in [0, 0.05) is 23.6 Å². The quantitative estimate of drug-likeness (QED) is 0.834. The highest BCUT2D eigenvalue weighted by molar-refractivity contribution is 9.10. The standard InChI is InChI=1S/C12H11BrClNO3S/c1-15(7-9-4-5-18-8-9)19(16,17)10-2-3-12(14)11(13)6-10/h2-6,8H,7H2,1H3. The summed E-state index contributed by atoms with van der Waals surface area (Å²) in [5.41, 5.74) is 0.791. The Morgan fingerprint density at radius 2 is 2.11 bits per heavy atom. The van der Waals surface area contributed by atoms with E-state index in [9.17, 15) is 8.42 Å². The van der Waals surface area contributed by atoms with Gasteiger partial charge in [0.05, 0.1) is 22.4 Å². The van der Waals surface area contributed by atoms with Gasteiger partial charge in [-0.3, -0.25) is 0 Å². The largest absolute Gasteiger partial charge is 0.472 e. The maximum absolute atomic E-state index is 12.4. The molecule has 2 aromatic rings. The van der Waals surface area contributed by atoms with Crippen LogP contribution >= 0.6 is 27.5 Å². The van der Waals surface area contributed by atoms with E-state index in [2.05, 4.69) is 15.9 Å². The summed E-state index contributed by atoms with van der Waals surface area (Å²) in [6, 6.07) is 6.24. The van der Waals surface area contributed by atoms with Crippen LogP contribution in [0.2, 0.25) is 5.02 Å². The molecule has 0 spiro atoms. The highest BCUT2D eigenvalue weighted by atomic mass is 79.9. The van der Waals surface area contributed by atoms with E-state index in [1.165, 1.54) is 36.0 Å². The van der Waals surface area contributed by atoms with Gasteiger partial charge in [-0.15, -0.1) is 0 Å². The molecule has 0 unspecified atom stereocenters. The van der Waals surface area contributed by atoms with Gasteiger partial charge >= 0.3 is 0 Å². The molecule has 1 aromatic heterocycles. The van der Waals surface area contributed by atoms with E-state index in [1.54, 1.807) is 12.1 Å². The minimum absolute atomic E-state index is 0.190. The Balaban J connectivity index is 2.28. The third kappa shape index (κ3) is 3.20. The van der Waals surface area contributed by atoms with Crippen molar-refractivity contribution in [3.8, 4) is 0 Å². The molecule has 2 rings (SSSR count). The van der Waals surface area contributed by atoms with Crippen molar-refractivity contribution in [1.82, 2.24) is 4.31 Å². The van der Waals surface area contributed by atoms with E-state index in [1.807, 2.05) is 0 Å². The van der Waals surface area contributed by atoms with Crippen molar-refractivity contribution in [1.29, 1.82) is 0 Å². The van der Waals surface area contributed by atoms with Crippen LogP contribution in [0.5, 0.6) is 0 Å². The van der Waals surface area contributed by atoms with Crippen molar-refractivity contribution in [2.45, 2.75) is 11.4 Å². The molecular weight excluding hydrogens is 354 g/mol. The molecule has 0 radical (unpaired) electrons. The SMILES string of the molecule is CN(Cc1ccoc1)S(=O)(=O)c1ccc(Cl)c(Br)c1. The predicted octanol–water partition coefficient (Wildman–Crippen LogP) is 3.52. The van der Waals surface area contributed by atoms with Gasteiger partial charge in [-0.2, -0.15) is 4.31 Å². The van der Waals surface area contributed by atoms with Crippen LogP contribution in [0.4, 0.5) is 0 Å². The lowest BCUT2D eigenvalue weighted by molar-refractivity contribution is 0.463. The Morgan fingerprint density at radius 3 is 2.68 bits per heavy atom. The average molecular weight is 365 g/mol. The van der Waals surface area contributed by atoms with E-state index in [-0.39, 0.29) is 11.4 Å². The van der Waals surface area contributed by atoms with Gasteiger partial charge in [-0.25, -0.2) is 8.42 Å². The molecule has 1 heterocycles. The lowest BCUT2D eigenvalue weighted by Crippen LogP contribution is -2.26. The molecule has 0 N–H and O–H groups in total. The maximum atomic E-state index is 12.4. The second kappa shape index (κ2) is 5.66. The van der Waals surface area contributed by atoms with Crippen LogP contribution in [0.1, 0.15) is 5.56 Å². The summed E-state index contributed by atoms with van der Waals surface area (Å²) in [6.07, 6.45) is 3.03. The Labute approximate surface area is 125 Å². The van der Waals surface area contributed by atoms with Gasteiger partial charge in [-0.1, -0.05) is 11.6 Å². The Hall–Kier alpha value is -0.820. The molecule has 0 bridgehead atoms. The van der Waals surface area contributed by atoms with Crippen molar-refractivity contribution < 1.29 is 12.8 Å².